The van der Waals surface area contributed by atoms with Gasteiger partial charge in [0, 0.05) is 12.1 Å². The Hall–Kier alpha value is -2.46. The maximum atomic E-state index is 13.8. The standard InChI is InChI=1S/C16H13F4NO4S/c17-14-4-2-1-3-12(14)13(15(22)23)9-21-26(24,25)11-7-5-10(6-8-11)16(18,19)20/h1-8,13,21H,9H2,(H,22,23). The molecule has 5 nitrogen and oxygen atoms in total. The first-order valence-electron chi connectivity index (χ1n) is 7.16. The second kappa shape index (κ2) is 7.42. The molecular formula is C16H13F4NO4S. The molecule has 0 bridgehead atoms. The molecule has 2 aromatic rings. The molecule has 0 aliphatic rings. The van der Waals surface area contributed by atoms with Crippen LogP contribution in [0.2, 0.25) is 0 Å². The number of carboxylic acid groups (broad SMARTS) is 1. The summed E-state index contributed by atoms with van der Waals surface area (Å²) in [6.07, 6.45) is -4.62. The fourth-order valence-electron chi connectivity index (χ4n) is 2.19. The van der Waals surface area contributed by atoms with E-state index in [1.807, 2.05) is 4.72 Å². The number of nitrogens with one attached hydrogen (secondary N) is 1. The highest BCUT2D eigenvalue weighted by Gasteiger charge is 2.31. The van der Waals surface area contributed by atoms with Crippen LogP contribution in [-0.2, 0) is 21.0 Å². The van der Waals surface area contributed by atoms with Crippen molar-refractivity contribution >= 4 is 16.0 Å². The minimum atomic E-state index is -4.62. The quantitative estimate of drug-likeness (QED) is 0.742. The lowest BCUT2D eigenvalue weighted by Crippen LogP contribution is -2.32. The topological polar surface area (TPSA) is 83.5 Å². The van der Waals surface area contributed by atoms with Gasteiger partial charge in [0.2, 0.25) is 10.0 Å². The van der Waals surface area contributed by atoms with Crippen LogP contribution < -0.4 is 4.72 Å². The maximum Gasteiger partial charge on any atom is 0.416 e. The molecule has 26 heavy (non-hydrogen) atoms. The number of sulfonamides is 1. The number of benzene rings is 2. The summed E-state index contributed by atoms with van der Waals surface area (Å²) in [5.41, 5.74) is -1.23. The lowest BCUT2D eigenvalue weighted by Gasteiger charge is -2.15. The van der Waals surface area contributed by atoms with Crippen molar-refractivity contribution in [1.29, 1.82) is 0 Å². The van der Waals surface area contributed by atoms with Crippen molar-refractivity contribution in [3.63, 3.8) is 0 Å². The summed E-state index contributed by atoms with van der Waals surface area (Å²) in [7, 11) is -4.28. The number of carboxylic acids is 1. The summed E-state index contributed by atoms with van der Waals surface area (Å²) < 4.78 is 77.6. The Balaban J connectivity index is 2.20. The van der Waals surface area contributed by atoms with Gasteiger partial charge in [-0.2, -0.15) is 13.2 Å². The SMILES string of the molecule is O=C(O)C(CNS(=O)(=O)c1ccc(C(F)(F)F)cc1)c1ccccc1F. The van der Waals surface area contributed by atoms with Crippen LogP contribution in [0.5, 0.6) is 0 Å². The minimum absolute atomic E-state index is 0.213. The molecule has 1 atom stereocenters. The van der Waals surface area contributed by atoms with Crippen molar-refractivity contribution in [2.75, 3.05) is 6.54 Å². The van der Waals surface area contributed by atoms with Crippen molar-refractivity contribution in [3.8, 4) is 0 Å². The first-order chi connectivity index (χ1) is 12.0. The monoisotopic (exact) mass is 391 g/mol. The van der Waals surface area contributed by atoms with Gasteiger partial charge in [0.15, 0.2) is 0 Å². The van der Waals surface area contributed by atoms with Gasteiger partial charge in [0.25, 0.3) is 0 Å². The second-order valence-electron chi connectivity index (χ2n) is 5.29. The predicted octanol–water partition coefficient (Wildman–Crippen LogP) is 2.99. The van der Waals surface area contributed by atoms with E-state index in [4.69, 9.17) is 0 Å². The molecule has 0 radical (unpaired) electrons. The molecule has 0 spiro atoms. The van der Waals surface area contributed by atoms with E-state index in [9.17, 15) is 35.9 Å². The molecule has 2 aromatic carbocycles. The van der Waals surface area contributed by atoms with Crippen LogP contribution in [0.15, 0.2) is 53.4 Å². The normalized spacial score (nSPS) is 13.4. The average Bonchev–Trinajstić information content (AvgIpc) is 2.55. The summed E-state index contributed by atoms with van der Waals surface area (Å²) in [4.78, 5) is 10.9. The number of rotatable bonds is 6. The summed E-state index contributed by atoms with van der Waals surface area (Å²) in [6, 6.07) is 7.70. The van der Waals surface area contributed by atoms with Crippen LogP contribution >= 0.6 is 0 Å². The summed E-state index contributed by atoms with van der Waals surface area (Å²) in [5, 5.41) is 9.22. The van der Waals surface area contributed by atoms with Crippen molar-refractivity contribution in [3.05, 3.63) is 65.5 Å². The highest BCUT2D eigenvalue weighted by atomic mass is 32.2. The molecular weight excluding hydrogens is 378 g/mol. The van der Waals surface area contributed by atoms with E-state index in [1.165, 1.54) is 18.2 Å². The number of halogens is 4. The molecule has 10 heteroatoms. The number of hydrogen-bond donors (Lipinski definition) is 2. The van der Waals surface area contributed by atoms with Gasteiger partial charge in [-0.1, -0.05) is 18.2 Å². The number of hydrogen-bond acceptors (Lipinski definition) is 3. The van der Waals surface area contributed by atoms with Gasteiger partial charge in [-0.05, 0) is 30.3 Å². The number of alkyl halides is 3. The zero-order valence-corrected chi connectivity index (χ0v) is 13.8. The van der Waals surface area contributed by atoms with Gasteiger partial charge in [-0.3, -0.25) is 4.79 Å². The molecule has 2 rings (SSSR count). The molecule has 0 aliphatic carbocycles. The van der Waals surface area contributed by atoms with E-state index < -0.39 is 50.9 Å². The highest BCUT2D eigenvalue weighted by molar-refractivity contribution is 7.89. The third kappa shape index (κ3) is 4.58. The van der Waals surface area contributed by atoms with Crippen molar-refractivity contribution in [2.24, 2.45) is 0 Å². The van der Waals surface area contributed by atoms with E-state index >= 15 is 0 Å². The van der Waals surface area contributed by atoms with Crippen molar-refractivity contribution < 1.29 is 35.9 Å². The Morgan fingerprint density at radius 1 is 1.08 bits per heavy atom. The third-order valence-electron chi connectivity index (χ3n) is 3.55. The van der Waals surface area contributed by atoms with Gasteiger partial charge in [0.05, 0.1) is 16.4 Å². The molecule has 0 amide bonds. The van der Waals surface area contributed by atoms with Gasteiger partial charge in [-0.15, -0.1) is 0 Å². The fraction of sp³-hybridized carbons (Fsp3) is 0.188. The largest absolute Gasteiger partial charge is 0.481 e. The lowest BCUT2D eigenvalue weighted by atomic mass is 9.99. The molecule has 0 heterocycles. The van der Waals surface area contributed by atoms with E-state index in [2.05, 4.69) is 0 Å². The van der Waals surface area contributed by atoms with Gasteiger partial charge >= 0.3 is 12.1 Å². The Kier molecular flexibility index (Phi) is 5.67. The number of carbonyl (C=O) groups is 1. The van der Waals surface area contributed by atoms with Crippen LogP contribution in [0.3, 0.4) is 0 Å². The summed E-state index contributed by atoms with van der Waals surface area (Å²) in [6.45, 7) is -0.667. The Bertz CT molecular complexity index is 895. The van der Waals surface area contributed by atoms with Gasteiger partial charge in [-0.25, -0.2) is 17.5 Å². The molecule has 0 saturated carbocycles. The molecule has 0 aliphatic heterocycles. The molecule has 0 saturated heterocycles. The molecule has 0 fully saturated rings. The smallest absolute Gasteiger partial charge is 0.416 e. The van der Waals surface area contributed by atoms with Crippen molar-refractivity contribution in [2.45, 2.75) is 17.0 Å². The summed E-state index contributed by atoms with van der Waals surface area (Å²) in [5.74, 6) is -3.76. The minimum Gasteiger partial charge on any atom is -0.481 e. The first kappa shape index (κ1) is 19.9. The predicted molar refractivity (Wildman–Crippen MR) is 83.4 cm³/mol. The van der Waals surface area contributed by atoms with Crippen LogP contribution in [0.25, 0.3) is 0 Å². The lowest BCUT2D eigenvalue weighted by molar-refractivity contribution is -0.139. The van der Waals surface area contributed by atoms with Crippen LogP contribution in [0.4, 0.5) is 17.6 Å². The van der Waals surface area contributed by atoms with Crippen LogP contribution in [0.1, 0.15) is 17.0 Å². The fourth-order valence-corrected chi connectivity index (χ4v) is 3.23. The molecule has 1 unspecified atom stereocenters. The molecule has 140 valence electrons. The van der Waals surface area contributed by atoms with E-state index in [0.717, 1.165) is 18.2 Å². The van der Waals surface area contributed by atoms with E-state index in [0.29, 0.717) is 12.1 Å². The first-order valence-corrected chi connectivity index (χ1v) is 8.65. The zero-order valence-electron chi connectivity index (χ0n) is 13.0. The Morgan fingerprint density at radius 2 is 1.65 bits per heavy atom. The van der Waals surface area contributed by atoms with Crippen LogP contribution in [0, 0.1) is 5.82 Å². The van der Waals surface area contributed by atoms with E-state index in [1.54, 1.807) is 0 Å². The second-order valence-corrected chi connectivity index (χ2v) is 7.05. The van der Waals surface area contributed by atoms with Crippen molar-refractivity contribution in [1.82, 2.24) is 4.72 Å². The Labute approximate surface area is 146 Å². The van der Waals surface area contributed by atoms with Gasteiger partial charge < -0.3 is 5.11 Å². The summed E-state index contributed by atoms with van der Waals surface area (Å²) >= 11 is 0. The maximum absolute atomic E-state index is 13.8. The zero-order chi connectivity index (χ0) is 19.5. The average molecular weight is 391 g/mol. The third-order valence-corrected chi connectivity index (χ3v) is 4.99. The highest BCUT2D eigenvalue weighted by Crippen LogP contribution is 2.29. The van der Waals surface area contributed by atoms with E-state index in [-0.39, 0.29) is 5.56 Å². The Morgan fingerprint density at radius 3 is 2.15 bits per heavy atom. The van der Waals surface area contributed by atoms with Crippen LogP contribution in [-0.4, -0.2) is 26.0 Å². The molecule has 0 aromatic heterocycles. The van der Waals surface area contributed by atoms with Gasteiger partial charge in [0.1, 0.15) is 5.82 Å². The number of aliphatic carboxylic acids is 1. The molecule has 2 N–H and O–H groups in total.